The first-order valence-electron chi connectivity index (χ1n) is 5.83. The fourth-order valence-electron chi connectivity index (χ4n) is 1.82. The molecule has 0 saturated carbocycles. The van der Waals surface area contributed by atoms with Crippen molar-refractivity contribution in [2.45, 2.75) is 45.1 Å². The highest BCUT2D eigenvalue weighted by atomic mass is 16.6. The molecule has 1 rings (SSSR count). The Morgan fingerprint density at radius 3 is 3.00 bits per heavy atom. The Bertz CT molecular complexity index is 196. The van der Waals surface area contributed by atoms with E-state index in [0.29, 0.717) is 6.61 Å². The van der Waals surface area contributed by atoms with Crippen molar-refractivity contribution >= 4 is 6.09 Å². The summed E-state index contributed by atoms with van der Waals surface area (Å²) in [5, 5.41) is 9.13. The second-order valence-corrected chi connectivity index (χ2v) is 3.99. The van der Waals surface area contributed by atoms with Gasteiger partial charge in [-0.05, 0) is 25.7 Å². The molecule has 0 aromatic heterocycles. The Morgan fingerprint density at radius 2 is 2.33 bits per heavy atom. The number of unbranched alkanes of at least 4 members (excludes halogenated alkanes) is 1. The first-order valence-corrected chi connectivity index (χ1v) is 5.83. The van der Waals surface area contributed by atoms with Crippen LogP contribution in [0, 0.1) is 0 Å². The SMILES string of the molecule is CCCCOC(=O)N1CCCCC1CO. The standard InChI is InChI=1S/C11H21NO3/c1-2-3-8-15-11(14)12-7-5-4-6-10(12)9-13/h10,13H,2-9H2,1H3. The van der Waals surface area contributed by atoms with Crippen molar-refractivity contribution in [2.75, 3.05) is 19.8 Å². The van der Waals surface area contributed by atoms with Crippen LogP contribution in [-0.2, 0) is 4.74 Å². The maximum atomic E-state index is 11.6. The molecule has 1 saturated heterocycles. The number of hydrogen-bond donors (Lipinski definition) is 1. The van der Waals surface area contributed by atoms with Crippen LogP contribution in [0.15, 0.2) is 0 Å². The minimum absolute atomic E-state index is 0.0344. The molecule has 1 aliphatic rings. The van der Waals surface area contributed by atoms with Crippen molar-refractivity contribution in [3.05, 3.63) is 0 Å². The molecule has 1 fully saturated rings. The van der Waals surface area contributed by atoms with Gasteiger partial charge in [-0.1, -0.05) is 13.3 Å². The summed E-state index contributed by atoms with van der Waals surface area (Å²) in [6, 6.07) is -0.0344. The van der Waals surface area contributed by atoms with E-state index in [0.717, 1.165) is 38.6 Å². The van der Waals surface area contributed by atoms with E-state index >= 15 is 0 Å². The van der Waals surface area contributed by atoms with Gasteiger partial charge in [0.1, 0.15) is 0 Å². The first-order chi connectivity index (χ1) is 7.29. The summed E-state index contributed by atoms with van der Waals surface area (Å²) in [5.74, 6) is 0. The Morgan fingerprint density at radius 1 is 1.53 bits per heavy atom. The Labute approximate surface area is 91.2 Å². The molecule has 1 aliphatic heterocycles. The number of likely N-dealkylation sites (tertiary alicyclic amines) is 1. The molecule has 0 aliphatic carbocycles. The molecule has 1 amide bonds. The average Bonchev–Trinajstić information content (AvgIpc) is 2.29. The largest absolute Gasteiger partial charge is 0.449 e. The molecule has 0 bridgehead atoms. The van der Waals surface area contributed by atoms with Crippen molar-refractivity contribution in [3.8, 4) is 0 Å². The number of hydrogen-bond acceptors (Lipinski definition) is 3. The van der Waals surface area contributed by atoms with Crippen molar-refractivity contribution in [3.63, 3.8) is 0 Å². The Balaban J connectivity index is 2.34. The molecule has 4 heteroatoms. The number of amides is 1. The number of aliphatic hydroxyl groups excluding tert-OH is 1. The molecule has 0 spiro atoms. The summed E-state index contributed by atoms with van der Waals surface area (Å²) < 4.78 is 5.13. The molecule has 1 heterocycles. The topological polar surface area (TPSA) is 49.8 Å². The van der Waals surface area contributed by atoms with Crippen molar-refractivity contribution < 1.29 is 14.6 Å². The van der Waals surface area contributed by atoms with Gasteiger partial charge in [-0.2, -0.15) is 0 Å². The predicted molar refractivity (Wildman–Crippen MR) is 57.7 cm³/mol. The molecule has 4 nitrogen and oxygen atoms in total. The molecule has 0 aromatic carbocycles. The van der Waals surface area contributed by atoms with Crippen molar-refractivity contribution in [1.82, 2.24) is 4.90 Å². The summed E-state index contributed by atoms with van der Waals surface area (Å²) in [6.07, 6.45) is 4.66. The van der Waals surface area contributed by atoms with Crippen molar-refractivity contribution in [2.24, 2.45) is 0 Å². The van der Waals surface area contributed by atoms with Gasteiger partial charge >= 0.3 is 6.09 Å². The summed E-state index contributed by atoms with van der Waals surface area (Å²) >= 11 is 0. The quantitative estimate of drug-likeness (QED) is 0.727. The van der Waals surface area contributed by atoms with E-state index in [1.165, 1.54) is 0 Å². The number of ether oxygens (including phenoxy) is 1. The number of carbonyl (C=O) groups excluding carboxylic acids is 1. The highest BCUT2D eigenvalue weighted by Gasteiger charge is 2.26. The van der Waals surface area contributed by atoms with Gasteiger partial charge in [-0.15, -0.1) is 0 Å². The van der Waals surface area contributed by atoms with Gasteiger partial charge < -0.3 is 14.7 Å². The van der Waals surface area contributed by atoms with Crippen LogP contribution in [0.2, 0.25) is 0 Å². The lowest BCUT2D eigenvalue weighted by atomic mass is 10.0. The zero-order chi connectivity index (χ0) is 11.1. The van der Waals surface area contributed by atoms with Gasteiger partial charge in [0, 0.05) is 6.54 Å². The smallest absolute Gasteiger partial charge is 0.410 e. The number of piperidine rings is 1. The lowest BCUT2D eigenvalue weighted by Gasteiger charge is -2.33. The van der Waals surface area contributed by atoms with Crippen molar-refractivity contribution in [1.29, 1.82) is 0 Å². The van der Waals surface area contributed by atoms with Gasteiger partial charge in [0.2, 0.25) is 0 Å². The molecule has 1 N–H and O–H groups in total. The normalized spacial score (nSPS) is 21.5. The molecule has 15 heavy (non-hydrogen) atoms. The first kappa shape index (κ1) is 12.3. The lowest BCUT2D eigenvalue weighted by molar-refractivity contribution is 0.0533. The molecule has 1 atom stereocenters. The fourth-order valence-corrected chi connectivity index (χ4v) is 1.82. The van der Waals surface area contributed by atoms with Crippen LogP contribution in [-0.4, -0.2) is 41.9 Å². The maximum absolute atomic E-state index is 11.6. The molecule has 0 radical (unpaired) electrons. The minimum atomic E-state index is -0.262. The van der Waals surface area contributed by atoms with Crippen LogP contribution in [0.3, 0.4) is 0 Å². The Hall–Kier alpha value is -0.770. The summed E-state index contributed by atoms with van der Waals surface area (Å²) in [7, 11) is 0. The van der Waals surface area contributed by atoms with Gasteiger partial charge in [0.15, 0.2) is 0 Å². The number of rotatable bonds is 4. The van der Waals surface area contributed by atoms with Crippen LogP contribution in [0.25, 0.3) is 0 Å². The van der Waals surface area contributed by atoms with E-state index in [-0.39, 0.29) is 18.7 Å². The summed E-state index contributed by atoms with van der Waals surface area (Å²) in [4.78, 5) is 13.3. The highest BCUT2D eigenvalue weighted by molar-refractivity contribution is 5.68. The second-order valence-electron chi connectivity index (χ2n) is 3.99. The van der Waals surface area contributed by atoms with E-state index in [9.17, 15) is 4.79 Å². The van der Waals surface area contributed by atoms with Crippen LogP contribution >= 0.6 is 0 Å². The lowest BCUT2D eigenvalue weighted by Crippen LogP contribution is -2.45. The van der Waals surface area contributed by atoms with Gasteiger partial charge in [-0.25, -0.2) is 4.79 Å². The summed E-state index contributed by atoms with van der Waals surface area (Å²) in [6.45, 7) is 3.31. The third kappa shape index (κ3) is 3.70. The second kappa shape index (κ2) is 6.67. The molecular formula is C11H21NO3. The van der Waals surface area contributed by atoms with E-state index in [2.05, 4.69) is 6.92 Å². The molecular weight excluding hydrogens is 194 g/mol. The van der Waals surface area contributed by atoms with E-state index in [1.54, 1.807) is 4.90 Å². The van der Waals surface area contributed by atoms with E-state index in [1.807, 2.05) is 0 Å². The highest BCUT2D eigenvalue weighted by Crippen LogP contribution is 2.17. The minimum Gasteiger partial charge on any atom is -0.449 e. The van der Waals surface area contributed by atoms with Gasteiger partial charge in [0.25, 0.3) is 0 Å². The third-order valence-electron chi connectivity index (χ3n) is 2.80. The Kier molecular flexibility index (Phi) is 5.47. The monoisotopic (exact) mass is 215 g/mol. The zero-order valence-corrected chi connectivity index (χ0v) is 9.45. The maximum Gasteiger partial charge on any atom is 0.410 e. The van der Waals surface area contributed by atoms with Crippen LogP contribution in [0.1, 0.15) is 39.0 Å². The van der Waals surface area contributed by atoms with Crippen LogP contribution in [0.4, 0.5) is 4.79 Å². The number of nitrogens with zero attached hydrogens (tertiary/aromatic N) is 1. The fraction of sp³-hybridized carbons (Fsp3) is 0.909. The van der Waals surface area contributed by atoms with Crippen LogP contribution < -0.4 is 0 Å². The van der Waals surface area contributed by atoms with E-state index < -0.39 is 0 Å². The van der Waals surface area contributed by atoms with Gasteiger partial charge in [-0.3, -0.25) is 0 Å². The average molecular weight is 215 g/mol. The number of aliphatic hydroxyl groups is 1. The third-order valence-corrected chi connectivity index (χ3v) is 2.80. The van der Waals surface area contributed by atoms with E-state index in [4.69, 9.17) is 9.84 Å². The molecule has 1 unspecified atom stereocenters. The van der Waals surface area contributed by atoms with Crippen LogP contribution in [0.5, 0.6) is 0 Å². The zero-order valence-electron chi connectivity index (χ0n) is 9.45. The molecule has 0 aromatic rings. The predicted octanol–water partition coefficient (Wildman–Crippen LogP) is 1.77. The summed E-state index contributed by atoms with van der Waals surface area (Å²) in [5.41, 5.74) is 0. The number of carbonyl (C=O) groups is 1. The van der Waals surface area contributed by atoms with Gasteiger partial charge in [0.05, 0.1) is 19.3 Å². The molecule has 88 valence electrons.